The Balaban J connectivity index is 0.864. The molecule has 2 aromatic heterocycles. The third-order valence-electron chi connectivity index (χ3n) is 15.5. The summed E-state index contributed by atoms with van der Waals surface area (Å²) in [4.78, 5) is 0. The van der Waals surface area contributed by atoms with E-state index in [1.807, 2.05) is 0 Å². The Hall–Kier alpha value is -7.42. The first kappa shape index (κ1) is 39.0. The Bertz CT molecular complexity index is 3830. The van der Waals surface area contributed by atoms with Gasteiger partial charge in [-0.15, -0.1) is 0 Å². The first-order valence-electron chi connectivity index (χ1n) is 23.6. The van der Waals surface area contributed by atoms with E-state index in [2.05, 4.69) is 246 Å². The second-order valence-electron chi connectivity index (χ2n) is 21.0. The Kier molecular flexibility index (Phi) is 8.01. The van der Waals surface area contributed by atoms with Gasteiger partial charge in [0.25, 0.3) is 0 Å². The smallest absolute Gasteiger partial charge is 0.0541 e. The summed E-state index contributed by atoms with van der Waals surface area (Å²) in [5, 5.41) is 5.12. The average Bonchev–Trinajstić information content (AvgIpc) is 3.99. The monoisotopic (exact) mass is 848 g/mol. The summed E-state index contributed by atoms with van der Waals surface area (Å²) in [7, 11) is 0. The predicted molar refractivity (Wildman–Crippen MR) is 280 cm³/mol. The van der Waals surface area contributed by atoms with Gasteiger partial charge in [-0.25, -0.2) is 0 Å². The number of hydrogen-bond donors (Lipinski definition) is 0. The number of para-hydroxylation sites is 3. The summed E-state index contributed by atoms with van der Waals surface area (Å²) in [6.07, 6.45) is 0. The molecule has 0 saturated heterocycles. The van der Waals surface area contributed by atoms with Gasteiger partial charge in [0, 0.05) is 43.7 Å². The van der Waals surface area contributed by atoms with Gasteiger partial charge in [-0.3, -0.25) is 0 Å². The lowest BCUT2D eigenvalue weighted by atomic mass is 9.79. The third-order valence-corrected chi connectivity index (χ3v) is 15.5. The standard InChI is InChI=1S/C64H52N2/c1-62(2,3)43-25-27-45(28-26-43)66-59-20-14-12-18-49(59)53-34-40(24-32-61(53)66)42-22-30-47-51-38-56-50(37-57(51)64(6,7)55(47)36-42)46-29-21-41(35-54(46)63(56,4)5)39-23-31-60-52(33-39)48-17-11-13-19-58(48)65(60)44-15-9-8-10-16-44/h8-38H,1-7H3. The van der Waals surface area contributed by atoms with E-state index in [1.54, 1.807) is 0 Å². The maximum absolute atomic E-state index is 2.54. The van der Waals surface area contributed by atoms with Crippen molar-refractivity contribution in [3.63, 3.8) is 0 Å². The fourth-order valence-electron chi connectivity index (χ4n) is 11.9. The summed E-state index contributed by atoms with van der Waals surface area (Å²) < 4.78 is 4.82. The van der Waals surface area contributed by atoms with E-state index >= 15 is 0 Å². The number of aromatic nitrogens is 2. The fourth-order valence-corrected chi connectivity index (χ4v) is 11.9. The van der Waals surface area contributed by atoms with Crippen LogP contribution in [-0.2, 0) is 16.2 Å². The molecule has 9 aromatic carbocycles. The molecule has 0 atom stereocenters. The van der Waals surface area contributed by atoms with Crippen LogP contribution in [0.4, 0.5) is 0 Å². The molecule has 66 heavy (non-hydrogen) atoms. The summed E-state index contributed by atoms with van der Waals surface area (Å²) in [5.74, 6) is 0. The maximum Gasteiger partial charge on any atom is 0.0541 e. The highest BCUT2D eigenvalue weighted by Crippen LogP contribution is 2.57. The second-order valence-corrected chi connectivity index (χ2v) is 21.0. The molecule has 0 saturated carbocycles. The molecule has 0 fully saturated rings. The van der Waals surface area contributed by atoms with Crippen LogP contribution in [0.1, 0.15) is 76.3 Å². The van der Waals surface area contributed by atoms with Crippen molar-refractivity contribution in [2.45, 2.75) is 64.7 Å². The summed E-state index contributed by atoms with van der Waals surface area (Å²) in [6, 6.07) is 71.1. The molecule has 0 spiro atoms. The highest BCUT2D eigenvalue weighted by molar-refractivity contribution is 6.12. The topological polar surface area (TPSA) is 9.86 Å². The highest BCUT2D eigenvalue weighted by atomic mass is 15.0. The minimum Gasteiger partial charge on any atom is -0.309 e. The quantitative estimate of drug-likeness (QED) is 0.167. The van der Waals surface area contributed by atoms with E-state index in [-0.39, 0.29) is 16.2 Å². The van der Waals surface area contributed by atoms with Crippen molar-refractivity contribution in [1.29, 1.82) is 0 Å². The van der Waals surface area contributed by atoms with Crippen LogP contribution in [-0.4, -0.2) is 9.13 Å². The number of benzene rings is 9. The zero-order chi connectivity index (χ0) is 44.9. The van der Waals surface area contributed by atoms with E-state index in [1.165, 1.54) is 127 Å². The van der Waals surface area contributed by atoms with Crippen LogP contribution in [0.3, 0.4) is 0 Å². The molecule has 0 unspecified atom stereocenters. The van der Waals surface area contributed by atoms with Crippen LogP contribution in [0.25, 0.3) is 99.5 Å². The molecule has 2 aliphatic rings. The Labute approximate surface area is 387 Å². The van der Waals surface area contributed by atoms with Gasteiger partial charge in [-0.05, 0) is 163 Å². The van der Waals surface area contributed by atoms with Crippen molar-refractivity contribution in [2.24, 2.45) is 0 Å². The zero-order valence-corrected chi connectivity index (χ0v) is 38.8. The lowest BCUT2D eigenvalue weighted by Crippen LogP contribution is -2.17. The number of nitrogens with zero attached hydrogens (tertiary/aromatic N) is 2. The van der Waals surface area contributed by atoms with Crippen LogP contribution in [0.15, 0.2) is 188 Å². The van der Waals surface area contributed by atoms with Crippen molar-refractivity contribution in [2.75, 3.05) is 0 Å². The molecular formula is C64H52N2. The van der Waals surface area contributed by atoms with Crippen molar-refractivity contribution < 1.29 is 0 Å². The molecule has 318 valence electrons. The molecular weight excluding hydrogens is 797 g/mol. The Morgan fingerprint density at radius 1 is 0.318 bits per heavy atom. The van der Waals surface area contributed by atoms with Gasteiger partial charge in [-0.2, -0.15) is 0 Å². The number of rotatable bonds is 4. The molecule has 13 rings (SSSR count). The minimum absolute atomic E-state index is 0.110. The van der Waals surface area contributed by atoms with E-state index < -0.39 is 0 Å². The van der Waals surface area contributed by atoms with Crippen LogP contribution < -0.4 is 0 Å². The van der Waals surface area contributed by atoms with Crippen molar-refractivity contribution in [3.05, 3.63) is 216 Å². The molecule has 2 nitrogen and oxygen atoms in total. The Morgan fingerprint density at radius 3 is 1.17 bits per heavy atom. The summed E-state index contributed by atoms with van der Waals surface area (Å²) in [5.41, 5.74) is 24.5. The molecule has 2 heteroatoms. The molecule has 2 heterocycles. The van der Waals surface area contributed by atoms with Crippen LogP contribution in [0.5, 0.6) is 0 Å². The van der Waals surface area contributed by atoms with Crippen molar-refractivity contribution in [3.8, 4) is 55.9 Å². The molecule has 0 bridgehead atoms. The first-order valence-corrected chi connectivity index (χ1v) is 23.6. The van der Waals surface area contributed by atoms with Gasteiger partial charge in [0.05, 0.1) is 22.1 Å². The molecule has 2 aliphatic carbocycles. The normalized spacial score (nSPS) is 14.5. The van der Waals surface area contributed by atoms with Gasteiger partial charge in [0.1, 0.15) is 0 Å². The van der Waals surface area contributed by atoms with Gasteiger partial charge >= 0.3 is 0 Å². The lowest BCUT2D eigenvalue weighted by molar-refractivity contribution is 0.590. The third kappa shape index (κ3) is 5.48. The summed E-state index contributed by atoms with van der Waals surface area (Å²) >= 11 is 0. The lowest BCUT2D eigenvalue weighted by Gasteiger charge is -2.24. The van der Waals surface area contributed by atoms with E-state index in [0.717, 1.165) is 0 Å². The van der Waals surface area contributed by atoms with Gasteiger partial charge < -0.3 is 9.13 Å². The van der Waals surface area contributed by atoms with Gasteiger partial charge in [0.15, 0.2) is 0 Å². The number of fused-ring (bicyclic) bond motifs is 12. The van der Waals surface area contributed by atoms with Crippen LogP contribution in [0.2, 0.25) is 0 Å². The van der Waals surface area contributed by atoms with E-state index in [9.17, 15) is 0 Å². The maximum atomic E-state index is 2.54. The van der Waals surface area contributed by atoms with Gasteiger partial charge in [0.2, 0.25) is 0 Å². The molecule has 0 amide bonds. The largest absolute Gasteiger partial charge is 0.309 e. The number of hydrogen-bond acceptors (Lipinski definition) is 0. The molecule has 0 N–H and O–H groups in total. The summed E-state index contributed by atoms with van der Waals surface area (Å²) in [6.45, 7) is 16.5. The first-order chi connectivity index (χ1) is 31.9. The van der Waals surface area contributed by atoms with Gasteiger partial charge in [-0.1, -0.05) is 152 Å². The minimum atomic E-state index is -0.157. The van der Waals surface area contributed by atoms with Crippen LogP contribution >= 0.6 is 0 Å². The van der Waals surface area contributed by atoms with Crippen molar-refractivity contribution >= 4 is 43.6 Å². The average molecular weight is 849 g/mol. The molecule has 0 radical (unpaired) electrons. The second kappa shape index (κ2) is 13.6. The molecule has 11 aromatic rings. The van der Waals surface area contributed by atoms with E-state index in [4.69, 9.17) is 0 Å². The van der Waals surface area contributed by atoms with Crippen molar-refractivity contribution in [1.82, 2.24) is 9.13 Å². The molecule has 0 aliphatic heterocycles. The van der Waals surface area contributed by atoms with E-state index in [0.29, 0.717) is 0 Å². The Morgan fingerprint density at radius 2 is 0.697 bits per heavy atom. The van der Waals surface area contributed by atoms with Crippen LogP contribution in [0, 0.1) is 0 Å². The SMILES string of the molecule is CC(C)(C)c1ccc(-n2c3ccccc3c3cc(-c4ccc5c(c4)C(C)(C)c4cc6c(cc4-5)C(C)(C)c4cc(-c5ccc7c(c5)c5ccccc5n7-c5ccccc5)ccc4-6)ccc32)cc1. The fraction of sp³-hybridized carbons (Fsp3) is 0.156. The highest BCUT2D eigenvalue weighted by Gasteiger charge is 2.42. The predicted octanol–water partition coefficient (Wildman–Crippen LogP) is 17.1. The zero-order valence-electron chi connectivity index (χ0n) is 38.8.